The fraction of sp³-hybridized carbons (Fsp3) is 0.333. The van der Waals surface area contributed by atoms with Crippen LogP contribution in [0.1, 0.15) is 6.92 Å². The zero-order chi connectivity index (χ0) is 8.97. The SMILES string of the molecule is CCOc1ccc(OC)c(S)c1. The van der Waals surface area contributed by atoms with E-state index >= 15 is 0 Å². The molecule has 3 heteroatoms. The van der Waals surface area contributed by atoms with E-state index < -0.39 is 0 Å². The third-order valence-corrected chi connectivity index (χ3v) is 1.81. The number of hydrogen-bond donors (Lipinski definition) is 1. The molecule has 0 aromatic heterocycles. The van der Waals surface area contributed by atoms with Crippen molar-refractivity contribution in [1.82, 2.24) is 0 Å². The van der Waals surface area contributed by atoms with Crippen LogP contribution in [0.3, 0.4) is 0 Å². The highest BCUT2D eigenvalue weighted by Gasteiger charge is 1.99. The van der Waals surface area contributed by atoms with E-state index in [9.17, 15) is 0 Å². The molecule has 0 fully saturated rings. The quantitative estimate of drug-likeness (QED) is 0.727. The van der Waals surface area contributed by atoms with E-state index in [1.807, 2.05) is 25.1 Å². The molecule has 12 heavy (non-hydrogen) atoms. The first kappa shape index (κ1) is 9.26. The maximum absolute atomic E-state index is 5.28. The van der Waals surface area contributed by atoms with Crippen molar-refractivity contribution in [3.63, 3.8) is 0 Å². The molecule has 0 bridgehead atoms. The Morgan fingerprint density at radius 2 is 2.17 bits per heavy atom. The van der Waals surface area contributed by atoms with E-state index in [0.717, 1.165) is 16.4 Å². The zero-order valence-corrected chi connectivity index (χ0v) is 8.10. The van der Waals surface area contributed by atoms with Gasteiger partial charge in [-0.25, -0.2) is 0 Å². The summed E-state index contributed by atoms with van der Waals surface area (Å²) in [5.41, 5.74) is 0. The molecule has 0 saturated carbocycles. The summed E-state index contributed by atoms with van der Waals surface area (Å²) >= 11 is 4.24. The lowest BCUT2D eigenvalue weighted by atomic mass is 10.3. The van der Waals surface area contributed by atoms with Gasteiger partial charge in [-0.1, -0.05) is 0 Å². The highest BCUT2D eigenvalue weighted by Crippen LogP contribution is 2.26. The molecule has 0 saturated heterocycles. The van der Waals surface area contributed by atoms with Crippen molar-refractivity contribution in [2.75, 3.05) is 13.7 Å². The summed E-state index contributed by atoms with van der Waals surface area (Å²) in [5.74, 6) is 1.59. The van der Waals surface area contributed by atoms with E-state index in [0.29, 0.717) is 6.61 Å². The second-order valence-electron chi connectivity index (χ2n) is 2.27. The lowest BCUT2D eigenvalue weighted by Gasteiger charge is -2.06. The second-order valence-corrected chi connectivity index (χ2v) is 2.75. The highest BCUT2D eigenvalue weighted by molar-refractivity contribution is 7.80. The number of methoxy groups -OCH3 is 1. The van der Waals surface area contributed by atoms with Gasteiger partial charge in [0.1, 0.15) is 11.5 Å². The summed E-state index contributed by atoms with van der Waals surface area (Å²) < 4.78 is 10.3. The van der Waals surface area contributed by atoms with Crippen LogP contribution in [0, 0.1) is 0 Å². The van der Waals surface area contributed by atoms with Gasteiger partial charge in [0.05, 0.1) is 13.7 Å². The molecule has 0 atom stereocenters. The number of hydrogen-bond acceptors (Lipinski definition) is 3. The molecule has 0 aliphatic heterocycles. The van der Waals surface area contributed by atoms with E-state index in [2.05, 4.69) is 12.6 Å². The summed E-state index contributed by atoms with van der Waals surface area (Å²) in [6.07, 6.45) is 0. The first-order valence-electron chi connectivity index (χ1n) is 3.77. The van der Waals surface area contributed by atoms with Gasteiger partial charge in [-0.2, -0.15) is 0 Å². The van der Waals surface area contributed by atoms with Crippen LogP contribution in [0.2, 0.25) is 0 Å². The first-order chi connectivity index (χ1) is 5.77. The Kier molecular flexibility index (Phi) is 3.29. The van der Waals surface area contributed by atoms with Crippen molar-refractivity contribution in [2.24, 2.45) is 0 Å². The maximum atomic E-state index is 5.28. The van der Waals surface area contributed by atoms with Crippen LogP contribution < -0.4 is 9.47 Å². The van der Waals surface area contributed by atoms with E-state index in [4.69, 9.17) is 9.47 Å². The van der Waals surface area contributed by atoms with E-state index in [1.54, 1.807) is 7.11 Å². The normalized spacial score (nSPS) is 9.58. The van der Waals surface area contributed by atoms with Crippen molar-refractivity contribution in [3.8, 4) is 11.5 Å². The van der Waals surface area contributed by atoms with Crippen molar-refractivity contribution in [3.05, 3.63) is 18.2 Å². The largest absolute Gasteiger partial charge is 0.496 e. The van der Waals surface area contributed by atoms with Crippen LogP contribution in [0.5, 0.6) is 11.5 Å². The lowest BCUT2D eigenvalue weighted by Crippen LogP contribution is -1.92. The molecule has 0 heterocycles. The fourth-order valence-electron chi connectivity index (χ4n) is 0.926. The average molecular weight is 184 g/mol. The molecule has 0 spiro atoms. The van der Waals surface area contributed by atoms with Gasteiger partial charge in [0, 0.05) is 4.90 Å². The van der Waals surface area contributed by atoms with Crippen LogP contribution in [-0.2, 0) is 0 Å². The second kappa shape index (κ2) is 4.26. The Morgan fingerprint density at radius 3 is 2.67 bits per heavy atom. The maximum Gasteiger partial charge on any atom is 0.132 e. The number of ether oxygens (including phenoxy) is 2. The monoisotopic (exact) mass is 184 g/mol. The zero-order valence-electron chi connectivity index (χ0n) is 7.20. The third kappa shape index (κ3) is 2.08. The van der Waals surface area contributed by atoms with Gasteiger partial charge in [-0.3, -0.25) is 0 Å². The van der Waals surface area contributed by atoms with Gasteiger partial charge in [0.2, 0.25) is 0 Å². The van der Waals surface area contributed by atoms with Gasteiger partial charge in [-0.05, 0) is 25.1 Å². The van der Waals surface area contributed by atoms with Gasteiger partial charge >= 0.3 is 0 Å². The first-order valence-corrected chi connectivity index (χ1v) is 4.22. The molecule has 1 rings (SSSR count). The van der Waals surface area contributed by atoms with Gasteiger partial charge < -0.3 is 9.47 Å². The predicted octanol–water partition coefficient (Wildman–Crippen LogP) is 2.38. The molecule has 0 amide bonds. The fourth-order valence-corrected chi connectivity index (χ4v) is 1.22. The van der Waals surface area contributed by atoms with Crippen LogP contribution in [0.25, 0.3) is 0 Å². The highest BCUT2D eigenvalue weighted by atomic mass is 32.1. The van der Waals surface area contributed by atoms with Crippen LogP contribution in [0.4, 0.5) is 0 Å². The molecule has 66 valence electrons. The Bertz CT molecular complexity index is 261. The van der Waals surface area contributed by atoms with Crippen LogP contribution in [0.15, 0.2) is 23.1 Å². The summed E-state index contributed by atoms with van der Waals surface area (Å²) in [4.78, 5) is 0.795. The minimum absolute atomic E-state index is 0.666. The standard InChI is InChI=1S/C9H12O2S/c1-3-11-7-4-5-8(10-2)9(12)6-7/h4-6,12H,3H2,1-2H3. The Morgan fingerprint density at radius 1 is 1.42 bits per heavy atom. The molecule has 0 unspecified atom stereocenters. The molecule has 1 aromatic carbocycles. The molecule has 1 aromatic rings. The van der Waals surface area contributed by atoms with Crippen molar-refractivity contribution in [2.45, 2.75) is 11.8 Å². The third-order valence-electron chi connectivity index (χ3n) is 1.46. The van der Waals surface area contributed by atoms with Gasteiger partial charge in [0.15, 0.2) is 0 Å². The van der Waals surface area contributed by atoms with Crippen molar-refractivity contribution in [1.29, 1.82) is 0 Å². The molecule has 2 nitrogen and oxygen atoms in total. The molecule has 0 aliphatic carbocycles. The van der Waals surface area contributed by atoms with Crippen LogP contribution >= 0.6 is 12.6 Å². The minimum atomic E-state index is 0.666. The van der Waals surface area contributed by atoms with E-state index in [-0.39, 0.29) is 0 Å². The predicted molar refractivity (Wildman–Crippen MR) is 51.4 cm³/mol. The molecular formula is C9H12O2S. The van der Waals surface area contributed by atoms with Gasteiger partial charge in [-0.15, -0.1) is 12.6 Å². The van der Waals surface area contributed by atoms with E-state index in [1.165, 1.54) is 0 Å². The number of benzene rings is 1. The Balaban J connectivity index is 2.86. The molecule has 0 aliphatic rings. The topological polar surface area (TPSA) is 18.5 Å². The Hall–Kier alpha value is -0.830. The van der Waals surface area contributed by atoms with Gasteiger partial charge in [0.25, 0.3) is 0 Å². The molecular weight excluding hydrogens is 172 g/mol. The van der Waals surface area contributed by atoms with Crippen molar-refractivity contribution < 1.29 is 9.47 Å². The summed E-state index contributed by atoms with van der Waals surface area (Å²) in [5, 5.41) is 0. The summed E-state index contributed by atoms with van der Waals surface area (Å²) in [6, 6.07) is 5.54. The minimum Gasteiger partial charge on any atom is -0.496 e. The van der Waals surface area contributed by atoms with Crippen LogP contribution in [-0.4, -0.2) is 13.7 Å². The summed E-state index contributed by atoms with van der Waals surface area (Å²) in [7, 11) is 1.62. The number of rotatable bonds is 3. The number of thiol groups is 1. The smallest absolute Gasteiger partial charge is 0.132 e. The summed E-state index contributed by atoms with van der Waals surface area (Å²) in [6.45, 7) is 2.61. The average Bonchev–Trinajstić information content (AvgIpc) is 2.05. The van der Waals surface area contributed by atoms with Crippen molar-refractivity contribution >= 4 is 12.6 Å². The molecule has 0 N–H and O–H groups in total. The molecule has 0 radical (unpaired) electrons. The lowest BCUT2D eigenvalue weighted by molar-refractivity contribution is 0.337. The Labute approximate surface area is 77.9 Å².